The Morgan fingerprint density at radius 3 is 2.64 bits per heavy atom. The van der Waals surface area contributed by atoms with Gasteiger partial charge in [-0.2, -0.15) is 0 Å². The second kappa shape index (κ2) is 2.67. The maximum absolute atomic E-state index is 11.8. The van der Waals surface area contributed by atoms with Gasteiger partial charge in [0, 0.05) is 12.4 Å². The number of rotatable bonds is 0. The van der Waals surface area contributed by atoms with Gasteiger partial charge in [0.05, 0.1) is 11.7 Å². The molecule has 74 valence electrons. The normalized spacial score (nSPS) is 12.2. The van der Waals surface area contributed by atoms with E-state index in [0.717, 1.165) is 0 Å². The summed E-state index contributed by atoms with van der Waals surface area (Å²) in [6, 6.07) is 0. The summed E-state index contributed by atoms with van der Waals surface area (Å²) >= 11 is 0. The van der Waals surface area contributed by atoms with Gasteiger partial charge in [0.15, 0.2) is 5.65 Å². The van der Waals surface area contributed by atoms with E-state index in [4.69, 9.17) is 0 Å². The summed E-state index contributed by atoms with van der Waals surface area (Å²) in [5, 5.41) is 4.19. The molecule has 0 saturated heterocycles. The molecule has 0 atom stereocenters. The molecule has 0 radical (unpaired) electrons. The fourth-order valence-corrected chi connectivity index (χ4v) is 1.27. The fourth-order valence-electron chi connectivity index (χ4n) is 1.27. The van der Waals surface area contributed by atoms with Crippen molar-refractivity contribution >= 4 is 5.65 Å². The van der Waals surface area contributed by atoms with Crippen LogP contribution in [0.25, 0.3) is 5.65 Å². The van der Waals surface area contributed by atoms with Crippen molar-refractivity contribution in [2.45, 2.75) is 26.3 Å². The third kappa shape index (κ3) is 1.21. The van der Waals surface area contributed by atoms with Gasteiger partial charge in [-0.05, 0) is 20.8 Å². The zero-order chi connectivity index (χ0) is 10.3. The van der Waals surface area contributed by atoms with Crippen molar-refractivity contribution in [2.75, 3.05) is 0 Å². The van der Waals surface area contributed by atoms with Crippen LogP contribution in [0.2, 0.25) is 0 Å². The van der Waals surface area contributed by atoms with Crippen LogP contribution in [0.1, 0.15) is 20.8 Å². The minimum atomic E-state index is -0.302. The summed E-state index contributed by atoms with van der Waals surface area (Å²) in [5.41, 5.74) is 0.144. The smallest absolute Gasteiger partial charge is 0.259 e. The average Bonchev–Trinajstić information content (AvgIpc) is 2.44. The molecule has 0 saturated carbocycles. The molecule has 5 nitrogen and oxygen atoms in total. The average molecular weight is 192 g/mol. The van der Waals surface area contributed by atoms with Crippen LogP contribution in [0.5, 0.6) is 0 Å². The lowest BCUT2D eigenvalue weighted by atomic mass is 10.1. The number of hydrogen-bond donors (Lipinski definition) is 0. The maximum atomic E-state index is 11.8. The van der Waals surface area contributed by atoms with Crippen molar-refractivity contribution in [1.82, 2.24) is 19.2 Å². The Morgan fingerprint density at radius 1 is 1.36 bits per heavy atom. The molecule has 0 amide bonds. The van der Waals surface area contributed by atoms with Crippen LogP contribution in [0.3, 0.4) is 0 Å². The zero-order valence-electron chi connectivity index (χ0n) is 8.43. The Morgan fingerprint density at radius 2 is 2.07 bits per heavy atom. The van der Waals surface area contributed by atoms with Gasteiger partial charge in [-0.1, -0.05) is 0 Å². The molecule has 0 N–H and O–H groups in total. The summed E-state index contributed by atoms with van der Waals surface area (Å²) < 4.78 is 2.95. The van der Waals surface area contributed by atoms with Crippen molar-refractivity contribution < 1.29 is 0 Å². The van der Waals surface area contributed by atoms with E-state index in [2.05, 4.69) is 10.1 Å². The van der Waals surface area contributed by atoms with Crippen molar-refractivity contribution in [3.05, 3.63) is 29.1 Å². The van der Waals surface area contributed by atoms with Crippen LogP contribution in [0.4, 0.5) is 0 Å². The van der Waals surface area contributed by atoms with Gasteiger partial charge in [0.2, 0.25) is 0 Å². The van der Waals surface area contributed by atoms with Crippen LogP contribution in [-0.2, 0) is 5.54 Å². The molecular weight excluding hydrogens is 180 g/mol. The highest BCUT2D eigenvalue weighted by atomic mass is 16.2. The molecule has 0 aliphatic rings. The van der Waals surface area contributed by atoms with E-state index < -0.39 is 0 Å². The first-order valence-electron chi connectivity index (χ1n) is 4.42. The molecule has 0 aliphatic carbocycles. The van der Waals surface area contributed by atoms with Gasteiger partial charge in [0.1, 0.15) is 0 Å². The molecule has 0 fully saturated rings. The van der Waals surface area contributed by atoms with Crippen LogP contribution >= 0.6 is 0 Å². The number of nitrogens with zero attached hydrogens (tertiary/aromatic N) is 4. The number of hydrogen-bond acceptors (Lipinski definition) is 3. The van der Waals surface area contributed by atoms with Gasteiger partial charge < -0.3 is 0 Å². The summed E-state index contributed by atoms with van der Waals surface area (Å²) in [4.78, 5) is 15.7. The Hall–Kier alpha value is -1.65. The predicted molar refractivity (Wildman–Crippen MR) is 52.2 cm³/mol. The second-order valence-electron chi connectivity index (χ2n) is 4.17. The monoisotopic (exact) mass is 192 g/mol. The predicted octanol–water partition coefficient (Wildman–Crippen LogP) is 0.646. The first-order valence-corrected chi connectivity index (χ1v) is 4.42. The Labute approximate surface area is 81.0 Å². The first-order chi connectivity index (χ1) is 6.50. The molecule has 2 heterocycles. The zero-order valence-corrected chi connectivity index (χ0v) is 8.43. The molecule has 0 bridgehead atoms. The van der Waals surface area contributed by atoms with Gasteiger partial charge in [-0.25, -0.2) is 13.9 Å². The molecule has 5 heteroatoms. The van der Waals surface area contributed by atoms with E-state index in [0.29, 0.717) is 5.65 Å². The number of aromatic nitrogens is 4. The Kier molecular flexibility index (Phi) is 1.70. The minimum absolute atomic E-state index is 0.130. The van der Waals surface area contributed by atoms with Gasteiger partial charge in [0.25, 0.3) is 0 Å². The van der Waals surface area contributed by atoms with Crippen LogP contribution in [0.15, 0.2) is 23.4 Å². The highest BCUT2D eigenvalue weighted by Gasteiger charge is 2.18. The fraction of sp³-hybridized carbons (Fsp3) is 0.444. The van der Waals surface area contributed by atoms with Crippen molar-refractivity contribution in [2.24, 2.45) is 0 Å². The lowest BCUT2D eigenvalue weighted by molar-refractivity contribution is 0.344. The van der Waals surface area contributed by atoms with Crippen molar-refractivity contribution in [3.63, 3.8) is 0 Å². The lowest BCUT2D eigenvalue weighted by Crippen LogP contribution is -2.34. The molecule has 0 aliphatic heterocycles. The minimum Gasteiger partial charge on any atom is -0.259 e. The van der Waals surface area contributed by atoms with E-state index in [1.165, 1.54) is 9.08 Å². The van der Waals surface area contributed by atoms with E-state index in [1.807, 2.05) is 20.8 Å². The van der Waals surface area contributed by atoms with Crippen LogP contribution in [-0.4, -0.2) is 19.2 Å². The quantitative estimate of drug-likeness (QED) is 0.615. The summed E-state index contributed by atoms with van der Waals surface area (Å²) in [6.45, 7) is 5.82. The lowest BCUT2D eigenvalue weighted by Gasteiger charge is -2.16. The van der Waals surface area contributed by atoms with E-state index in [9.17, 15) is 4.79 Å². The van der Waals surface area contributed by atoms with Gasteiger partial charge in [-0.15, -0.1) is 5.10 Å². The molecule has 14 heavy (non-hydrogen) atoms. The molecule has 0 unspecified atom stereocenters. The summed E-state index contributed by atoms with van der Waals surface area (Å²) in [5.74, 6) is 0. The van der Waals surface area contributed by atoms with Crippen LogP contribution in [0, 0.1) is 0 Å². The van der Waals surface area contributed by atoms with Gasteiger partial charge in [-0.3, -0.25) is 4.98 Å². The molecule has 0 aromatic carbocycles. The largest absolute Gasteiger partial charge is 0.350 e. The second-order valence-corrected chi connectivity index (χ2v) is 4.17. The van der Waals surface area contributed by atoms with Crippen LogP contribution < -0.4 is 5.69 Å². The SMILES string of the molecule is CC(C)(C)n1nc2cnccn2c1=O. The standard InChI is InChI=1S/C9H12N4O/c1-9(2,3)13-8(14)12-5-4-10-6-7(12)11-13/h4-6H,1-3H3. The molecule has 0 spiro atoms. The Balaban J connectivity index is 2.82. The summed E-state index contributed by atoms with van der Waals surface area (Å²) in [6.07, 6.45) is 4.76. The van der Waals surface area contributed by atoms with E-state index in [1.54, 1.807) is 18.6 Å². The molecular formula is C9H12N4O. The summed E-state index contributed by atoms with van der Waals surface area (Å²) in [7, 11) is 0. The van der Waals surface area contributed by atoms with E-state index >= 15 is 0 Å². The number of fused-ring (bicyclic) bond motifs is 1. The molecule has 2 aromatic heterocycles. The van der Waals surface area contributed by atoms with E-state index in [-0.39, 0.29) is 11.2 Å². The van der Waals surface area contributed by atoms with Crippen molar-refractivity contribution in [1.29, 1.82) is 0 Å². The molecule has 2 aromatic rings. The van der Waals surface area contributed by atoms with Crippen molar-refractivity contribution in [3.8, 4) is 0 Å². The third-order valence-corrected chi connectivity index (χ3v) is 1.96. The topological polar surface area (TPSA) is 52.2 Å². The Bertz CT molecular complexity index is 517. The highest BCUT2D eigenvalue weighted by Crippen LogP contribution is 2.09. The highest BCUT2D eigenvalue weighted by molar-refractivity contribution is 5.32. The third-order valence-electron chi connectivity index (χ3n) is 1.96. The first kappa shape index (κ1) is 8.93. The molecule has 2 rings (SSSR count). The van der Waals surface area contributed by atoms with Gasteiger partial charge >= 0.3 is 5.69 Å². The maximum Gasteiger partial charge on any atom is 0.350 e.